The molecule has 0 saturated heterocycles. The van der Waals surface area contributed by atoms with Gasteiger partial charge in [0.05, 0.1) is 0 Å². The lowest BCUT2D eigenvalue weighted by atomic mass is 9.83. The van der Waals surface area contributed by atoms with Gasteiger partial charge in [-0.1, -0.05) is 140 Å². The van der Waals surface area contributed by atoms with Crippen LogP contribution in [0.3, 0.4) is 0 Å². The van der Waals surface area contributed by atoms with Crippen molar-refractivity contribution in [1.29, 1.82) is 0 Å². The first-order chi connectivity index (χ1) is 20.9. The summed E-state index contributed by atoms with van der Waals surface area (Å²) in [4.78, 5) is 13.1. The number of aromatic hydroxyl groups is 1. The summed E-state index contributed by atoms with van der Waals surface area (Å²) in [5, 5.41) is 11.2. The molecule has 0 radical (unpaired) electrons. The summed E-state index contributed by atoms with van der Waals surface area (Å²) >= 11 is 0. The summed E-state index contributed by atoms with van der Waals surface area (Å²) in [7, 11) is 0. The molecule has 0 amide bonds. The third-order valence-corrected chi connectivity index (χ3v) is 8.40. The SMILES string of the molecule is CCCCCCCCC=CCCCCCCCC(=O)Oc1c(Cc2cc(C)cc(CC(C)C)c2O)cc(C)cc1C(C)(C)C. The molecule has 0 aliphatic heterocycles. The minimum atomic E-state index is -0.184. The van der Waals surface area contributed by atoms with Crippen molar-refractivity contribution in [3.05, 3.63) is 69.8 Å². The number of esters is 1. The van der Waals surface area contributed by atoms with Gasteiger partial charge in [0, 0.05) is 18.4 Å². The van der Waals surface area contributed by atoms with E-state index in [9.17, 15) is 9.90 Å². The second kappa shape index (κ2) is 19.8. The van der Waals surface area contributed by atoms with Crippen LogP contribution in [0.1, 0.15) is 165 Å². The van der Waals surface area contributed by atoms with Crippen LogP contribution in [0.5, 0.6) is 11.5 Å². The monoisotopic (exact) mass is 604 g/mol. The van der Waals surface area contributed by atoms with Crippen LogP contribution in [0.2, 0.25) is 0 Å². The molecule has 0 fully saturated rings. The summed E-state index contributed by atoms with van der Waals surface area (Å²) in [5.41, 5.74) is 5.97. The largest absolute Gasteiger partial charge is 0.507 e. The van der Waals surface area contributed by atoms with Gasteiger partial charge < -0.3 is 9.84 Å². The highest BCUT2D eigenvalue weighted by Gasteiger charge is 2.25. The fourth-order valence-electron chi connectivity index (χ4n) is 6.03. The number of rotatable bonds is 20. The maximum absolute atomic E-state index is 13.1. The molecule has 3 heteroatoms. The van der Waals surface area contributed by atoms with Crippen LogP contribution in [0.25, 0.3) is 0 Å². The van der Waals surface area contributed by atoms with E-state index in [1.165, 1.54) is 64.2 Å². The van der Waals surface area contributed by atoms with Crippen LogP contribution in [0.4, 0.5) is 0 Å². The molecule has 0 bridgehead atoms. The van der Waals surface area contributed by atoms with Crippen molar-refractivity contribution in [2.75, 3.05) is 0 Å². The number of hydrogen-bond donors (Lipinski definition) is 1. The van der Waals surface area contributed by atoms with E-state index in [1.54, 1.807) is 0 Å². The molecule has 2 rings (SSSR count). The van der Waals surface area contributed by atoms with Crippen molar-refractivity contribution in [3.8, 4) is 11.5 Å². The highest BCUT2D eigenvalue weighted by molar-refractivity contribution is 5.74. The van der Waals surface area contributed by atoms with Gasteiger partial charge in [-0.15, -0.1) is 0 Å². The molecule has 0 aliphatic rings. The Morgan fingerprint density at radius 2 is 1.30 bits per heavy atom. The van der Waals surface area contributed by atoms with E-state index in [4.69, 9.17) is 4.74 Å². The van der Waals surface area contributed by atoms with E-state index in [0.29, 0.717) is 30.3 Å². The molecular formula is C41H64O3. The van der Waals surface area contributed by atoms with Crippen LogP contribution in [-0.4, -0.2) is 11.1 Å². The normalized spacial score (nSPS) is 12.0. The fraction of sp³-hybridized carbons (Fsp3) is 0.634. The summed E-state index contributed by atoms with van der Waals surface area (Å²) < 4.78 is 6.18. The predicted octanol–water partition coefficient (Wildman–Crippen LogP) is 12.0. The first-order valence-corrected chi connectivity index (χ1v) is 17.7. The number of allylic oxidation sites excluding steroid dienone is 2. The molecule has 0 unspecified atom stereocenters. The molecule has 2 aromatic rings. The molecule has 44 heavy (non-hydrogen) atoms. The summed E-state index contributed by atoms with van der Waals surface area (Å²) in [6.07, 6.45) is 22.6. The lowest BCUT2D eigenvalue weighted by Gasteiger charge is -2.25. The molecule has 0 spiro atoms. The molecule has 0 aromatic heterocycles. The van der Waals surface area contributed by atoms with Crippen LogP contribution in [0, 0.1) is 19.8 Å². The van der Waals surface area contributed by atoms with Crippen LogP contribution in [0.15, 0.2) is 36.4 Å². The van der Waals surface area contributed by atoms with Crippen molar-refractivity contribution in [3.63, 3.8) is 0 Å². The van der Waals surface area contributed by atoms with E-state index in [0.717, 1.165) is 59.1 Å². The molecule has 1 N–H and O–H groups in total. The van der Waals surface area contributed by atoms with Gasteiger partial charge in [-0.2, -0.15) is 0 Å². The van der Waals surface area contributed by atoms with Crippen LogP contribution < -0.4 is 4.74 Å². The zero-order valence-corrected chi connectivity index (χ0v) is 29.6. The Morgan fingerprint density at radius 3 is 1.89 bits per heavy atom. The van der Waals surface area contributed by atoms with Crippen LogP contribution >= 0.6 is 0 Å². The average molecular weight is 605 g/mol. The van der Waals surface area contributed by atoms with E-state index in [-0.39, 0.29) is 11.4 Å². The first kappa shape index (κ1) is 37.6. The van der Waals surface area contributed by atoms with E-state index in [2.05, 4.69) is 91.8 Å². The minimum Gasteiger partial charge on any atom is -0.507 e. The topological polar surface area (TPSA) is 46.5 Å². The third kappa shape index (κ3) is 14.0. The van der Waals surface area contributed by atoms with Crippen molar-refractivity contribution >= 4 is 5.97 Å². The van der Waals surface area contributed by atoms with Gasteiger partial charge in [-0.25, -0.2) is 0 Å². The molecule has 246 valence electrons. The van der Waals surface area contributed by atoms with Crippen molar-refractivity contribution < 1.29 is 14.6 Å². The summed E-state index contributed by atoms with van der Waals surface area (Å²) in [5.74, 6) is 1.34. The standard InChI is InChI=1S/C41H64O3/c1-9-10-11-12-13-14-15-16-17-18-19-20-21-22-23-24-38(42)44-40-36(28-33(5)29-37(40)41(6,7)8)30-35-27-32(4)26-34(39(35)43)25-31(2)3/h16-17,26-29,31,43H,9-15,18-25,30H2,1-8H3. The number of unbranched alkanes of at least 4 members (excludes halogenated alkanes) is 11. The minimum absolute atomic E-state index is 0.160. The van der Waals surface area contributed by atoms with E-state index in [1.807, 2.05) is 0 Å². The Kier molecular flexibility index (Phi) is 16.9. The van der Waals surface area contributed by atoms with Gasteiger partial charge in [-0.05, 0) is 80.4 Å². The zero-order chi connectivity index (χ0) is 32.5. The Hall–Kier alpha value is -2.55. The Labute approximate surface area is 270 Å². The van der Waals surface area contributed by atoms with Crippen molar-refractivity contribution in [2.45, 2.75) is 164 Å². The highest BCUT2D eigenvalue weighted by Crippen LogP contribution is 2.38. The molecule has 0 aliphatic carbocycles. The molecular weight excluding hydrogens is 540 g/mol. The number of aryl methyl sites for hydroxylation is 2. The quantitative estimate of drug-likeness (QED) is 0.0707. The smallest absolute Gasteiger partial charge is 0.311 e. The number of phenolic OH excluding ortho intramolecular Hbond substituents is 1. The number of hydrogen-bond acceptors (Lipinski definition) is 3. The van der Waals surface area contributed by atoms with Crippen molar-refractivity contribution in [1.82, 2.24) is 0 Å². The number of carbonyl (C=O) groups is 1. The van der Waals surface area contributed by atoms with Gasteiger partial charge >= 0.3 is 5.97 Å². The number of ether oxygens (including phenoxy) is 1. The number of carbonyl (C=O) groups excluding carboxylic acids is 1. The number of phenols is 1. The molecule has 0 saturated carbocycles. The average Bonchev–Trinajstić information content (AvgIpc) is 2.93. The Balaban J connectivity index is 1.93. The lowest BCUT2D eigenvalue weighted by molar-refractivity contribution is -0.134. The third-order valence-electron chi connectivity index (χ3n) is 8.40. The van der Waals surface area contributed by atoms with Gasteiger partial charge in [0.15, 0.2) is 0 Å². The van der Waals surface area contributed by atoms with Gasteiger partial charge in [-0.3, -0.25) is 4.79 Å². The summed E-state index contributed by atoms with van der Waals surface area (Å²) in [6, 6.07) is 8.41. The predicted molar refractivity (Wildman–Crippen MR) is 189 cm³/mol. The second-order valence-electron chi connectivity index (χ2n) is 14.6. The maximum Gasteiger partial charge on any atom is 0.311 e. The summed E-state index contributed by atoms with van der Waals surface area (Å²) in [6.45, 7) is 17.3. The zero-order valence-electron chi connectivity index (χ0n) is 29.6. The maximum atomic E-state index is 13.1. The van der Waals surface area contributed by atoms with Crippen LogP contribution in [-0.2, 0) is 23.1 Å². The molecule has 2 aromatic carbocycles. The van der Waals surface area contributed by atoms with Gasteiger partial charge in [0.2, 0.25) is 0 Å². The second-order valence-corrected chi connectivity index (χ2v) is 14.6. The van der Waals surface area contributed by atoms with Crippen molar-refractivity contribution in [2.24, 2.45) is 5.92 Å². The Bertz CT molecular complexity index is 1170. The molecule has 0 atom stereocenters. The van der Waals surface area contributed by atoms with Gasteiger partial charge in [0.25, 0.3) is 0 Å². The van der Waals surface area contributed by atoms with Gasteiger partial charge in [0.1, 0.15) is 11.5 Å². The lowest BCUT2D eigenvalue weighted by Crippen LogP contribution is -2.18. The van der Waals surface area contributed by atoms with E-state index >= 15 is 0 Å². The number of benzene rings is 2. The first-order valence-electron chi connectivity index (χ1n) is 17.7. The van der Waals surface area contributed by atoms with E-state index < -0.39 is 0 Å². The highest BCUT2D eigenvalue weighted by atomic mass is 16.5. The molecule has 0 heterocycles. The Morgan fingerprint density at radius 1 is 0.773 bits per heavy atom. The molecule has 3 nitrogen and oxygen atoms in total. The fourth-order valence-corrected chi connectivity index (χ4v) is 6.03.